The Hall–Kier alpha value is -2.95. The minimum absolute atomic E-state index is 0.0323. The molecule has 3 aromatic rings. The van der Waals surface area contributed by atoms with Crippen LogP contribution in [0.2, 0.25) is 0 Å². The van der Waals surface area contributed by atoms with E-state index in [2.05, 4.69) is 4.98 Å². The van der Waals surface area contributed by atoms with Gasteiger partial charge in [-0.05, 0) is 37.1 Å². The Morgan fingerprint density at radius 2 is 2.00 bits per heavy atom. The average molecular weight is 334 g/mol. The van der Waals surface area contributed by atoms with Crippen LogP contribution in [0.15, 0.2) is 53.3 Å². The summed E-state index contributed by atoms with van der Waals surface area (Å²) in [5.74, 6) is 0.376. The Balaban J connectivity index is 1.64. The fourth-order valence-electron chi connectivity index (χ4n) is 3.23. The number of hydrogen-bond acceptors (Lipinski definition) is 4. The van der Waals surface area contributed by atoms with E-state index in [4.69, 9.17) is 4.74 Å². The van der Waals surface area contributed by atoms with Gasteiger partial charge >= 0.3 is 5.97 Å². The number of carbonyl (C=O) groups excluding carboxylic acids is 1. The van der Waals surface area contributed by atoms with Crippen LogP contribution in [0.5, 0.6) is 0 Å². The summed E-state index contributed by atoms with van der Waals surface area (Å²) in [6, 6.07) is 14.5. The van der Waals surface area contributed by atoms with Gasteiger partial charge in [-0.25, -0.2) is 9.78 Å². The molecule has 0 fully saturated rings. The van der Waals surface area contributed by atoms with Crippen LogP contribution >= 0.6 is 0 Å². The van der Waals surface area contributed by atoms with Crippen molar-refractivity contribution in [3.63, 3.8) is 0 Å². The second kappa shape index (κ2) is 6.16. The Labute approximate surface area is 144 Å². The second-order valence-corrected chi connectivity index (χ2v) is 6.28. The van der Waals surface area contributed by atoms with Gasteiger partial charge in [0.1, 0.15) is 11.9 Å². The van der Waals surface area contributed by atoms with Crippen molar-refractivity contribution in [2.75, 3.05) is 0 Å². The Morgan fingerprint density at radius 3 is 2.80 bits per heavy atom. The summed E-state index contributed by atoms with van der Waals surface area (Å²) >= 11 is 0. The number of rotatable bonds is 3. The molecule has 1 atom stereocenters. The number of fused-ring (bicyclic) bond motifs is 2. The van der Waals surface area contributed by atoms with Crippen LogP contribution in [0.3, 0.4) is 0 Å². The molecule has 1 aromatic heterocycles. The number of esters is 1. The fraction of sp³-hybridized carbons (Fsp3) is 0.250. The van der Waals surface area contributed by atoms with Gasteiger partial charge in [-0.3, -0.25) is 9.36 Å². The third-order valence-corrected chi connectivity index (χ3v) is 4.60. The van der Waals surface area contributed by atoms with Crippen molar-refractivity contribution in [2.45, 2.75) is 32.4 Å². The molecule has 25 heavy (non-hydrogen) atoms. The van der Waals surface area contributed by atoms with Gasteiger partial charge in [-0.2, -0.15) is 0 Å². The van der Waals surface area contributed by atoms with E-state index >= 15 is 0 Å². The quantitative estimate of drug-likeness (QED) is 0.690. The summed E-state index contributed by atoms with van der Waals surface area (Å²) in [5, 5.41) is 0.540. The van der Waals surface area contributed by atoms with Gasteiger partial charge in [-0.1, -0.05) is 30.3 Å². The van der Waals surface area contributed by atoms with E-state index in [0.29, 0.717) is 16.5 Å². The first kappa shape index (κ1) is 15.6. The molecular weight excluding hydrogens is 316 g/mol. The number of carbonyl (C=O) groups is 1. The normalized spacial score (nSPS) is 14.3. The number of nitrogens with zero attached hydrogens (tertiary/aromatic N) is 2. The molecule has 0 saturated carbocycles. The zero-order valence-electron chi connectivity index (χ0n) is 13.9. The van der Waals surface area contributed by atoms with Gasteiger partial charge in [0, 0.05) is 13.0 Å². The third kappa shape index (κ3) is 2.82. The minimum Gasteiger partial charge on any atom is -0.454 e. The molecule has 1 aliphatic rings. The smallest absolute Gasteiger partial charge is 0.338 e. The number of aryl methyl sites for hydroxylation is 1. The van der Waals surface area contributed by atoms with Crippen LogP contribution in [-0.2, 0) is 17.7 Å². The van der Waals surface area contributed by atoms with E-state index in [1.54, 1.807) is 22.8 Å². The van der Waals surface area contributed by atoms with Gasteiger partial charge in [-0.15, -0.1) is 0 Å². The van der Waals surface area contributed by atoms with Crippen molar-refractivity contribution in [1.82, 2.24) is 9.55 Å². The molecule has 5 heteroatoms. The number of benzene rings is 2. The van der Waals surface area contributed by atoms with Gasteiger partial charge in [0.05, 0.1) is 16.5 Å². The van der Waals surface area contributed by atoms with Crippen molar-refractivity contribution in [2.24, 2.45) is 0 Å². The highest BCUT2D eigenvalue weighted by Crippen LogP contribution is 2.20. The first-order valence-corrected chi connectivity index (χ1v) is 8.43. The zero-order valence-corrected chi connectivity index (χ0v) is 13.9. The summed E-state index contributed by atoms with van der Waals surface area (Å²) in [4.78, 5) is 29.5. The molecule has 126 valence electrons. The van der Waals surface area contributed by atoms with E-state index in [1.807, 2.05) is 37.3 Å². The first-order chi connectivity index (χ1) is 12.1. The molecule has 2 heterocycles. The predicted molar refractivity (Wildman–Crippen MR) is 94.6 cm³/mol. The molecule has 0 bridgehead atoms. The van der Waals surface area contributed by atoms with Crippen molar-refractivity contribution >= 4 is 16.9 Å². The van der Waals surface area contributed by atoms with Crippen LogP contribution in [0, 0.1) is 0 Å². The summed E-state index contributed by atoms with van der Waals surface area (Å²) < 4.78 is 7.26. The van der Waals surface area contributed by atoms with E-state index in [1.165, 1.54) is 0 Å². The summed E-state index contributed by atoms with van der Waals surface area (Å²) in [6.45, 7) is 2.56. The van der Waals surface area contributed by atoms with Gasteiger partial charge in [0.2, 0.25) is 0 Å². The fourth-order valence-corrected chi connectivity index (χ4v) is 3.23. The Bertz CT molecular complexity index is 1010. The van der Waals surface area contributed by atoms with E-state index < -0.39 is 5.97 Å². The lowest BCUT2D eigenvalue weighted by Crippen LogP contribution is -2.21. The van der Waals surface area contributed by atoms with Crippen molar-refractivity contribution in [3.8, 4) is 0 Å². The SMILES string of the molecule is C[C@@H](OC(=O)c1ccc2c(=O)n3c(nc2c1)CCC3)c1ccccc1. The molecule has 0 spiro atoms. The summed E-state index contributed by atoms with van der Waals surface area (Å²) in [5.41, 5.74) is 1.87. The topological polar surface area (TPSA) is 61.2 Å². The third-order valence-electron chi connectivity index (χ3n) is 4.60. The molecular formula is C20H18N2O3. The molecule has 1 aliphatic heterocycles. The Kier molecular flexibility index (Phi) is 3.84. The lowest BCUT2D eigenvalue weighted by molar-refractivity contribution is 0.0338. The lowest BCUT2D eigenvalue weighted by Gasteiger charge is -2.14. The van der Waals surface area contributed by atoms with Gasteiger partial charge < -0.3 is 4.74 Å². The largest absolute Gasteiger partial charge is 0.454 e. The maximum absolute atomic E-state index is 12.5. The van der Waals surface area contributed by atoms with Crippen LogP contribution in [0.4, 0.5) is 0 Å². The molecule has 0 saturated heterocycles. The van der Waals surface area contributed by atoms with E-state index in [0.717, 1.165) is 30.8 Å². The predicted octanol–water partition coefficient (Wildman–Crippen LogP) is 3.26. The molecule has 0 amide bonds. The highest BCUT2D eigenvalue weighted by molar-refractivity contribution is 5.94. The van der Waals surface area contributed by atoms with E-state index in [9.17, 15) is 9.59 Å². The van der Waals surface area contributed by atoms with Crippen LogP contribution < -0.4 is 5.56 Å². The molecule has 0 N–H and O–H groups in total. The number of hydrogen-bond donors (Lipinski definition) is 0. The average Bonchev–Trinajstić information content (AvgIpc) is 3.11. The van der Waals surface area contributed by atoms with Gasteiger partial charge in [0.25, 0.3) is 5.56 Å². The van der Waals surface area contributed by atoms with Crippen molar-refractivity contribution in [3.05, 3.63) is 75.8 Å². The summed E-state index contributed by atoms with van der Waals surface area (Å²) in [6.07, 6.45) is 1.38. The van der Waals surface area contributed by atoms with Gasteiger partial charge in [0.15, 0.2) is 0 Å². The zero-order chi connectivity index (χ0) is 17.4. The molecule has 4 rings (SSSR count). The second-order valence-electron chi connectivity index (χ2n) is 6.28. The minimum atomic E-state index is -0.416. The summed E-state index contributed by atoms with van der Waals surface area (Å²) in [7, 11) is 0. The maximum Gasteiger partial charge on any atom is 0.338 e. The van der Waals surface area contributed by atoms with Crippen LogP contribution in [0.1, 0.15) is 41.2 Å². The number of ether oxygens (including phenoxy) is 1. The van der Waals surface area contributed by atoms with Crippen molar-refractivity contribution < 1.29 is 9.53 Å². The molecule has 0 radical (unpaired) electrons. The van der Waals surface area contributed by atoms with Crippen LogP contribution in [-0.4, -0.2) is 15.5 Å². The first-order valence-electron chi connectivity index (χ1n) is 8.43. The number of aromatic nitrogens is 2. The molecule has 2 aromatic carbocycles. The highest BCUT2D eigenvalue weighted by atomic mass is 16.5. The molecule has 0 aliphatic carbocycles. The van der Waals surface area contributed by atoms with E-state index in [-0.39, 0.29) is 11.7 Å². The Morgan fingerprint density at radius 1 is 1.20 bits per heavy atom. The highest BCUT2D eigenvalue weighted by Gasteiger charge is 2.18. The standard InChI is InChI=1S/C20H18N2O3/c1-13(14-6-3-2-4-7-14)25-20(24)15-9-10-16-17(12-15)21-18-8-5-11-22(18)19(16)23/h2-4,6-7,9-10,12-13H,5,8,11H2,1H3/t13-/m1/s1. The molecule has 5 nitrogen and oxygen atoms in total. The van der Waals surface area contributed by atoms with Crippen molar-refractivity contribution in [1.29, 1.82) is 0 Å². The monoisotopic (exact) mass is 334 g/mol. The van der Waals surface area contributed by atoms with Crippen LogP contribution in [0.25, 0.3) is 10.9 Å². The maximum atomic E-state index is 12.5. The lowest BCUT2D eigenvalue weighted by atomic mass is 10.1. The molecule has 0 unspecified atom stereocenters.